The molecule has 0 saturated heterocycles. The van der Waals surface area contributed by atoms with Crippen LogP contribution in [0, 0.1) is 10.1 Å². The fourth-order valence-electron chi connectivity index (χ4n) is 1.86. The highest BCUT2D eigenvalue weighted by Crippen LogP contribution is 2.23. The summed E-state index contributed by atoms with van der Waals surface area (Å²) in [5.74, 6) is 0.488. The van der Waals surface area contributed by atoms with E-state index in [1.807, 2.05) is 6.92 Å². The van der Waals surface area contributed by atoms with Gasteiger partial charge in [0, 0.05) is 25.8 Å². The molecule has 0 fully saturated rings. The molecule has 0 bridgehead atoms. The maximum absolute atomic E-state index is 10.9. The zero-order valence-corrected chi connectivity index (χ0v) is 11.3. The SMILES string of the molecule is CCN(CCCO)Cc1cc(OC)cc([N+](=O)[O-])c1. The highest BCUT2D eigenvalue weighted by molar-refractivity contribution is 5.42. The van der Waals surface area contributed by atoms with Gasteiger partial charge in [-0.1, -0.05) is 6.92 Å². The molecule has 0 aromatic heterocycles. The molecule has 1 N–H and O–H groups in total. The Labute approximate surface area is 112 Å². The molecule has 106 valence electrons. The van der Waals surface area contributed by atoms with Crippen LogP contribution in [0.2, 0.25) is 0 Å². The van der Waals surface area contributed by atoms with Gasteiger partial charge in [-0.25, -0.2) is 0 Å². The minimum absolute atomic E-state index is 0.0348. The molecule has 1 aromatic carbocycles. The Morgan fingerprint density at radius 1 is 1.42 bits per heavy atom. The Hall–Kier alpha value is -1.66. The van der Waals surface area contributed by atoms with Crippen LogP contribution in [-0.4, -0.2) is 41.7 Å². The van der Waals surface area contributed by atoms with E-state index in [9.17, 15) is 10.1 Å². The lowest BCUT2D eigenvalue weighted by Gasteiger charge is -2.20. The Bertz CT molecular complexity index is 423. The molecule has 0 spiro atoms. The van der Waals surface area contributed by atoms with E-state index in [1.165, 1.54) is 13.2 Å². The van der Waals surface area contributed by atoms with Crippen LogP contribution in [0.15, 0.2) is 18.2 Å². The maximum Gasteiger partial charge on any atom is 0.273 e. The molecule has 0 aliphatic heterocycles. The smallest absolute Gasteiger partial charge is 0.273 e. The van der Waals surface area contributed by atoms with Crippen LogP contribution in [0.4, 0.5) is 5.69 Å². The lowest BCUT2D eigenvalue weighted by molar-refractivity contribution is -0.385. The Kier molecular flexibility index (Phi) is 6.24. The number of hydrogen-bond donors (Lipinski definition) is 1. The summed E-state index contributed by atoms with van der Waals surface area (Å²) in [5.41, 5.74) is 0.874. The van der Waals surface area contributed by atoms with Gasteiger partial charge in [-0.3, -0.25) is 15.0 Å². The van der Waals surface area contributed by atoms with Crippen LogP contribution in [0.5, 0.6) is 5.75 Å². The van der Waals surface area contributed by atoms with E-state index < -0.39 is 4.92 Å². The summed E-state index contributed by atoms with van der Waals surface area (Å²) >= 11 is 0. The average Bonchev–Trinajstić information content (AvgIpc) is 2.42. The van der Waals surface area contributed by atoms with Crippen molar-refractivity contribution in [3.63, 3.8) is 0 Å². The Morgan fingerprint density at radius 3 is 2.68 bits per heavy atom. The number of nitro groups is 1. The Balaban J connectivity index is 2.86. The van der Waals surface area contributed by atoms with Crippen molar-refractivity contribution in [2.45, 2.75) is 19.9 Å². The first-order valence-electron chi connectivity index (χ1n) is 6.26. The zero-order valence-electron chi connectivity index (χ0n) is 11.3. The number of aliphatic hydroxyl groups is 1. The van der Waals surface area contributed by atoms with Gasteiger partial charge in [-0.05, 0) is 24.6 Å². The van der Waals surface area contributed by atoms with Gasteiger partial charge in [0.05, 0.1) is 18.1 Å². The normalized spacial score (nSPS) is 10.7. The van der Waals surface area contributed by atoms with Gasteiger partial charge in [-0.2, -0.15) is 0 Å². The van der Waals surface area contributed by atoms with Gasteiger partial charge < -0.3 is 9.84 Å². The van der Waals surface area contributed by atoms with E-state index in [0.717, 1.165) is 18.7 Å². The highest BCUT2D eigenvalue weighted by atomic mass is 16.6. The standard InChI is InChI=1S/C13H20N2O4/c1-3-14(5-4-6-16)10-11-7-12(15(17)18)9-13(8-11)19-2/h7-9,16H,3-6,10H2,1-2H3. The number of aliphatic hydroxyl groups excluding tert-OH is 1. The molecule has 0 heterocycles. The molecule has 0 aliphatic carbocycles. The van der Waals surface area contributed by atoms with Gasteiger partial charge in [0.25, 0.3) is 5.69 Å². The van der Waals surface area contributed by atoms with Crippen LogP contribution in [0.25, 0.3) is 0 Å². The quantitative estimate of drug-likeness (QED) is 0.575. The van der Waals surface area contributed by atoms with Gasteiger partial charge in [-0.15, -0.1) is 0 Å². The largest absolute Gasteiger partial charge is 0.496 e. The van der Waals surface area contributed by atoms with E-state index in [4.69, 9.17) is 9.84 Å². The molecule has 1 aromatic rings. The van der Waals surface area contributed by atoms with Gasteiger partial charge in [0.1, 0.15) is 5.75 Å². The van der Waals surface area contributed by atoms with Crippen LogP contribution >= 0.6 is 0 Å². The number of rotatable bonds is 8. The summed E-state index contributed by atoms with van der Waals surface area (Å²) in [7, 11) is 1.49. The van der Waals surface area contributed by atoms with Crippen molar-refractivity contribution in [3.8, 4) is 5.75 Å². The zero-order chi connectivity index (χ0) is 14.3. The van der Waals surface area contributed by atoms with Crippen molar-refractivity contribution >= 4 is 5.69 Å². The number of non-ortho nitro benzene ring substituents is 1. The van der Waals surface area contributed by atoms with Crippen molar-refractivity contribution in [2.24, 2.45) is 0 Å². The molecule has 0 unspecified atom stereocenters. The van der Waals surface area contributed by atoms with Crippen molar-refractivity contribution in [1.29, 1.82) is 0 Å². The predicted octanol–water partition coefficient (Wildman–Crippen LogP) is 1.81. The molecule has 1 rings (SSSR count). The van der Waals surface area contributed by atoms with E-state index in [2.05, 4.69) is 4.90 Å². The summed E-state index contributed by atoms with van der Waals surface area (Å²) in [4.78, 5) is 12.6. The number of ether oxygens (including phenoxy) is 1. The summed E-state index contributed by atoms with van der Waals surface area (Å²) in [6.45, 7) is 4.36. The molecule has 19 heavy (non-hydrogen) atoms. The van der Waals surface area contributed by atoms with Gasteiger partial charge in [0.2, 0.25) is 0 Å². The number of nitro benzene ring substituents is 1. The van der Waals surface area contributed by atoms with E-state index in [0.29, 0.717) is 18.7 Å². The average molecular weight is 268 g/mol. The van der Waals surface area contributed by atoms with Crippen molar-refractivity contribution in [1.82, 2.24) is 4.90 Å². The third kappa shape index (κ3) is 4.84. The van der Waals surface area contributed by atoms with Crippen LogP contribution < -0.4 is 4.74 Å². The number of hydrogen-bond acceptors (Lipinski definition) is 5. The fourth-order valence-corrected chi connectivity index (χ4v) is 1.86. The second-order valence-corrected chi connectivity index (χ2v) is 4.24. The molecule has 0 radical (unpaired) electrons. The molecule has 0 aliphatic rings. The molecular formula is C13H20N2O4. The molecule has 0 saturated carbocycles. The number of methoxy groups -OCH3 is 1. The van der Waals surface area contributed by atoms with Crippen LogP contribution in [-0.2, 0) is 6.54 Å². The molecular weight excluding hydrogens is 248 g/mol. The predicted molar refractivity (Wildman–Crippen MR) is 72.3 cm³/mol. The minimum atomic E-state index is -0.421. The van der Waals surface area contributed by atoms with Crippen LogP contribution in [0.3, 0.4) is 0 Å². The molecule has 6 heteroatoms. The van der Waals surface area contributed by atoms with E-state index in [-0.39, 0.29) is 12.3 Å². The first kappa shape index (κ1) is 15.4. The first-order chi connectivity index (χ1) is 9.10. The second-order valence-electron chi connectivity index (χ2n) is 4.24. The monoisotopic (exact) mass is 268 g/mol. The maximum atomic E-state index is 10.9. The third-order valence-electron chi connectivity index (χ3n) is 2.88. The van der Waals surface area contributed by atoms with Crippen LogP contribution in [0.1, 0.15) is 18.9 Å². The molecule has 0 atom stereocenters. The van der Waals surface area contributed by atoms with Gasteiger partial charge in [0.15, 0.2) is 0 Å². The molecule has 6 nitrogen and oxygen atoms in total. The lowest BCUT2D eigenvalue weighted by atomic mass is 10.1. The number of nitrogens with zero attached hydrogens (tertiary/aromatic N) is 2. The lowest BCUT2D eigenvalue weighted by Crippen LogP contribution is -2.24. The van der Waals surface area contributed by atoms with E-state index >= 15 is 0 Å². The minimum Gasteiger partial charge on any atom is -0.496 e. The first-order valence-corrected chi connectivity index (χ1v) is 6.26. The highest BCUT2D eigenvalue weighted by Gasteiger charge is 2.12. The summed E-state index contributed by atoms with van der Waals surface area (Å²) in [6.07, 6.45) is 0.694. The topological polar surface area (TPSA) is 75.8 Å². The van der Waals surface area contributed by atoms with Gasteiger partial charge >= 0.3 is 0 Å². The second kappa shape index (κ2) is 7.70. The van der Waals surface area contributed by atoms with E-state index in [1.54, 1.807) is 12.1 Å². The van der Waals surface area contributed by atoms with Crippen molar-refractivity contribution < 1.29 is 14.8 Å². The third-order valence-corrected chi connectivity index (χ3v) is 2.88. The summed E-state index contributed by atoms with van der Waals surface area (Å²) in [5, 5.41) is 19.7. The van der Waals surface area contributed by atoms with Crippen molar-refractivity contribution in [3.05, 3.63) is 33.9 Å². The summed E-state index contributed by atoms with van der Waals surface area (Å²) in [6, 6.07) is 4.77. The van der Waals surface area contributed by atoms with Crippen molar-refractivity contribution in [2.75, 3.05) is 26.8 Å². The molecule has 0 amide bonds. The Morgan fingerprint density at radius 2 is 2.16 bits per heavy atom. The fraction of sp³-hybridized carbons (Fsp3) is 0.538. The summed E-state index contributed by atoms with van der Waals surface area (Å²) < 4.78 is 5.08. The number of benzene rings is 1.